The summed E-state index contributed by atoms with van der Waals surface area (Å²) >= 11 is 0. The molecule has 3 rings (SSSR count). The fourth-order valence-electron chi connectivity index (χ4n) is 5.46. The van der Waals surface area contributed by atoms with Crippen molar-refractivity contribution in [2.24, 2.45) is 23.2 Å². The van der Waals surface area contributed by atoms with E-state index >= 15 is 0 Å². The molecule has 0 aromatic rings. The number of nitrogens with zero attached hydrogens (tertiary/aromatic N) is 3. The fraction of sp³-hybridized carbons (Fsp3) is 0.917. The molecule has 0 aromatic heterocycles. The lowest BCUT2D eigenvalue weighted by Gasteiger charge is -2.38. The smallest absolute Gasteiger partial charge is 0.225 e. The highest BCUT2D eigenvalue weighted by atomic mass is 16.2. The molecule has 1 aliphatic carbocycles. The molecule has 0 atom stereocenters. The van der Waals surface area contributed by atoms with Gasteiger partial charge >= 0.3 is 0 Å². The first-order chi connectivity index (χ1) is 13.7. The number of ketones is 1. The van der Waals surface area contributed by atoms with Crippen molar-refractivity contribution in [1.29, 1.82) is 0 Å². The Hall–Kier alpha value is -0.940. The van der Waals surface area contributed by atoms with Crippen molar-refractivity contribution in [3.63, 3.8) is 0 Å². The maximum Gasteiger partial charge on any atom is 0.225 e. The van der Waals surface area contributed by atoms with Gasteiger partial charge < -0.3 is 14.7 Å². The van der Waals surface area contributed by atoms with Crippen LogP contribution in [0.3, 0.4) is 0 Å². The first-order valence-electron chi connectivity index (χ1n) is 12.0. The minimum absolute atomic E-state index is 0.150. The van der Waals surface area contributed by atoms with Gasteiger partial charge in [0, 0.05) is 50.0 Å². The maximum atomic E-state index is 13.0. The summed E-state index contributed by atoms with van der Waals surface area (Å²) in [5, 5.41) is 0. The van der Waals surface area contributed by atoms with Gasteiger partial charge in [-0.05, 0) is 71.0 Å². The molecule has 166 valence electrons. The molecular formula is C24H43N3O2. The molecule has 3 fully saturated rings. The molecule has 2 aliphatic heterocycles. The van der Waals surface area contributed by atoms with Crippen LogP contribution in [0.4, 0.5) is 0 Å². The third-order valence-electron chi connectivity index (χ3n) is 7.44. The van der Waals surface area contributed by atoms with Crippen LogP contribution in [-0.2, 0) is 9.59 Å². The predicted molar refractivity (Wildman–Crippen MR) is 118 cm³/mol. The van der Waals surface area contributed by atoms with Gasteiger partial charge in [0.05, 0.1) is 0 Å². The maximum absolute atomic E-state index is 13.0. The monoisotopic (exact) mass is 405 g/mol. The second-order valence-electron chi connectivity index (χ2n) is 10.9. The zero-order valence-corrected chi connectivity index (χ0v) is 19.3. The highest BCUT2D eigenvalue weighted by Crippen LogP contribution is 2.35. The van der Waals surface area contributed by atoms with E-state index in [2.05, 4.69) is 21.7 Å². The summed E-state index contributed by atoms with van der Waals surface area (Å²) in [5.74, 6) is 1.79. The molecule has 0 aromatic carbocycles. The number of amides is 1. The average molecular weight is 406 g/mol. The molecule has 5 heteroatoms. The Kier molecular flexibility index (Phi) is 7.77. The zero-order valence-electron chi connectivity index (χ0n) is 19.3. The van der Waals surface area contributed by atoms with E-state index in [0.717, 1.165) is 57.5 Å². The lowest BCUT2D eigenvalue weighted by Crippen LogP contribution is -2.45. The van der Waals surface area contributed by atoms with Crippen LogP contribution in [0.25, 0.3) is 0 Å². The van der Waals surface area contributed by atoms with Gasteiger partial charge in [-0.2, -0.15) is 0 Å². The lowest BCUT2D eigenvalue weighted by atomic mass is 9.73. The second kappa shape index (κ2) is 9.91. The van der Waals surface area contributed by atoms with Gasteiger partial charge in [0.15, 0.2) is 0 Å². The van der Waals surface area contributed by atoms with Crippen molar-refractivity contribution < 1.29 is 9.59 Å². The Morgan fingerprint density at radius 1 is 0.793 bits per heavy atom. The largest absolute Gasteiger partial charge is 0.342 e. The number of carbonyl (C=O) groups is 2. The van der Waals surface area contributed by atoms with Crippen LogP contribution >= 0.6 is 0 Å². The van der Waals surface area contributed by atoms with Crippen molar-refractivity contribution in [1.82, 2.24) is 14.7 Å². The number of hydrogen-bond donors (Lipinski definition) is 0. The van der Waals surface area contributed by atoms with Gasteiger partial charge in [-0.15, -0.1) is 0 Å². The Labute approximate surface area is 178 Å². The molecule has 0 bridgehead atoms. The Balaban J connectivity index is 1.40. The van der Waals surface area contributed by atoms with E-state index in [-0.39, 0.29) is 17.3 Å². The summed E-state index contributed by atoms with van der Waals surface area (Å²) in [6, 6.07) is 0. The second-order valence-corrected chi connectivity index (χ2v) is 10.9. The first-order valence-corrected chi connectivity index (χ1v) is 12.0. The van der Waals surface area contributed by atoms with Crippen molar-refractivity contribution in [3.8, 4) is 0 Å². The fourth-order valence-corrected chi connectivity index (χ4v) is 5.46. The molecule has 2 heterocycles. The third kappa shape index (κ3) is 6.27. The molecule has 2 saturated heterocycles. The van der Waals surface area contributed by atoms with E-state index in [0.29, 0.717) is 11.7 Å². The number of piperidine rings is 1. The van der Waals surface area contributed by atoms with E-state index in [1.54, 1.807) is 0 Å². The summed E-state index contributed by atoms with van der Waals surface area (Å²) < 4.78 is 0. The highest BCUT2D eigenvalue weighted by Gasteiger charge is 2.36. The molecular weight excluding hydrogens is 362 g/mol. The number of rotatable bonds is 4. The van der Waals surface area contributed by atoms with Gasteiger partial charge in [0.2, 0.25) is 5.91 Å². The molecule has 0 spiro atoms. The van der Waals surface area contributed by atoms with Crippen molar-refractivity contribution in [2.45, 2.75) is 65.7 Å². The molecule has 1 amide bonds. The van der Waals surface area contributed by atoms with E-state index in [1.807, 2.05) is 20.8 Å². The highest BCUT2D eigenvalue weighted by molar-refractivity contribution is 5.86. The minimum atomic E-state index is -0.258. The van der Waals surface area contributed by atoms with Crippen molar-refractivity contribution in [2.75, 3.05) is 52.9 Å². The summed E-state index contributed by atoms with van der Waals surface area (Å²) in [6.07, 6.45) is 7.15. The van der Waals surface area contributed by atoms with Crippen LogP contribution < -0.4 is 0 Å². The topological polar surface area (TPSA) is 43.9 Å². The SMILES string of the molecule is CN1CCCN(CC2CCN(C(=O)C3CCC(C(=O)C(C)(C)C)CC3)CC2)CC1. The minimum Gasteiger partial charge on any atom is -0.342 e. The number of likely N-dealkylation sites (N-methyl/N-ethyl adjacent to an activating group) is 1. The quantitative estimate of drug-likeness (QED) is 0.720. The number of hydrogen-bond acceptors (Lipinski definition) is 4. The summed E-state index contributed by atoms with van der Waals surface area (Å²) in [6.45, 7) is 13.9. The van der Waals surface area contributed by atoms with Gasteiger partial charge in [0.25, 0.3) is 0 Å². The van der Waals surface area contributed by atoms with Crippen molar-refractivity contribution in [3.05, 3.63) is 0 Å². The van der Waals surface area contributed by atoms with Crippen LogP contribution in [-0.4, -0.2) is 79.3 Å². The van der Waals surface area contributed by atoms with Gasteiger partial charge in [-0.1, -0.05) is 20.8 Å². The average Bonchev–Trinajstić information content (AvgIpc) is 2.91. The van der Waals surface area contributed by atoms with E-state index in [9.17, 15) is 9.59 Å². The van der Waals surface area contributed by atoms with Crippen LogP contribution in [0.5, 0.6) is 0 Å². The van der Waals surface area contributed by atoms with E-state index in [1.165, 1.54) is 39.1 Å². The summed E-state index contributed by atoms with van der Waals surface area (Å²) in [4.78, 5) is 32.8. The first kappa shape index (κ1) is 22.7. The molecule has 5 nitrogen and oxygen atoms in total. The van der Waals surface area contributed by atoms with Crippen LogP contribution in [0.1, 0.15) is 65.7 Å². The Bertz CT molecular complexity index is 555. The molecule has 29 heavy (non-hydrogen) atoms. The zero-order chi connectivity index (χ0) is 21.0. The number of Topliss-reactive ketones (excluding diaryl/α,β-unsaturated/α-hetero) is 1. The third-order valence-corrected chi connectivity index (χ3v) is 7.44. The molecule has 0 N–H and O–H groups in total. The van der Waals surface area contributed by atoms with Crippen LogP contribution in [0.2, 0.25) is 0 Å². The van der Waals surface area contributed by atoms with Gasteiger partial charge in [0.1, 0.15) is 5.78 Å². The van der Waals surface area contributed by atoms with Gasteiger partial charge in [-0.3, -0.25) is 9.59 Å². The van der Waals surface area contributed by atoms with Gasteiger partial charge in [-0.25, -0.2) is 0 Å². The van der Waals surface area contributed by atoms with E-state index < -0.39 is 0 Å². The molecule has 0 radical (unpaired) electrons. The van der Waals surface area contributed by atoms with Crippen molar-refractivity contribution >= 4 is 11.7 Å². The predicted octanol–water partition coefficient (Wildman–Crippen LogP) is 3.28. The summed E-state index contributed by atoms with van der Waals surface area (Å²) in [7, 11) is 2.22. The van der Waals surface area contributed by atoms with Crippen LogP contribution in [0.15, 0.2) is 0 Å². The Morgan fingerprint density at radius 3 is 2.03 bits per heavy atom. The number of carbonyl (C=O) groups excluding carboxylic acids is 2. The van der Waals surface area contributed by atoms with Crippen LogP contribution in [0, 0.1) is 23.2 Å². The Morgan fingerprint density at radius 2 is 1.41 bits per heavy atom. The molecule has 3 aliphatic rings. The lowest BCUT2D eigenvalue weighted by molar-refractivity contribution is -0.140. The number of likely N-dealkylation sites (tertiary alicyclic amines) is 1. The summed E-state index contributed by atoms with van der Waals surface area (Å²) in [5.41, 5.74) is -0.258. The standard InChI is InChI=1S/C24H43N3O2/c1-24(2,3)22(28)20-6-8-21(9-7-20)23(29)27-14-10-19(11-15-27)18-26-13-5-12-25(4)16-17-26/h19-21H,5-18H2,1-4H3. The van der Waals surface area contributed by atoms with E-state index in [4.69, 9.17) is 0 Å². The normalized spacial score (nSPS) is 28.9. The molecule has 1 saturated carbocycles. The molecule has 0 unspecified atom stereocenters.